The molecule has 1 unspecified atom stereocenters. The Morgan fingerprint density at radius 3 is 2.78 bits per heavy atom. The first kappa shape index (κ1) is 22.5. The maximum absolute atomic E-state index is 13.9. The van der Waals surface area contributed by atoms with Crippen molar-refractivity contribution in [2.24, 2.45) is 0 Å². The molecule has 0 saturated heterocycles. The van der Waals surface area contributed by atoms with Gasteiger partial charge < -0.3 is 15.2 Å². The summed E-state index contributed by atoms with van der Waals surface area (Å²) in [5, 5.41) is 2.97. The molecule has 6 nitrogen and oxygen atoms in total. The number of nitrogens with one attached hydrogen (secondary N) is 3. The molecule has 0 fully saturated rings. The quantitative estimate of drug-likeness (QED) is 0.470. The maximum atomic E-state index is 13.9. The number of rotatable bonds is 7. The topological polar surface area (TPSA) is 79.3 Å². The fourth-order valence-corrected chi connectivity index (χ4v) is 5.45. The molecule has 4 rings (SSSR count). The Balaban J connectivity index is 1.51. The number of hydrogen-bond donors (Lipinski definition) is 3. The summed E-state index contributed by atoms with van der Waals surface area (Å²) in [6.07, 6.45) is 4.82. The number of anilines is 1. The molecular weight excluding hydrogens is 441 g/mol. The first-order chi connectivity index (χ1) is 15.4. The fourth-order valence-electron chi connectivity index (χ4n) is 4.17. The van der Waals surface area contributed by atoms with Crippen LogP contribution in [0.2, 0.25) is 0 Å². The minimum absolute atomic E-state index is 0.0467. The SMILES string of the molecule is CCC[NH+](CC(=O)Nc1ccc(F)c(F)c1F)Cc1nc2sc3c(c2c(=O)[nH]1)CCCC3. The average molecular weight is 466 g/mol. The molecular formula is C22H24F3N4O2S+. The van der Waals surface area contributed by atoms with Crippen molar-refractivity contribution in [2.75, 3.05) is 18.4 Å². The van der Waals surface area contributed by atoms with Gasteiger partial charge in [0, 0.05) is 4.88 Å². The molecule has 1 aliphatic carbocycles. The second-order valence-corrected chi connectivity index (χ2v) is 9.11. The number of benzene rings is 1. The lowest BCUT2D eigenvalue weighted by Crippen LogP contribution is -3.11. The standard InChI is InChI=1S/C22H23F3N4O2S/c1-2-9-29(11-17(30)26-14-8-7-13(23)19(24)20(14)25)10-16-27-21(31)18-12-5-3-4-6-15(12)32-22(18)28-16/h7-8H,2-6,9-11H2,1H3,(H,26,30)(H,27,28,31)/p+1. The monoisotopic (exact) mass is 465 g/mol. The van der Waals surface area contributed by atoms with E-state index in [2.05, 4.69) is 15.3 Å². The molecule has 32 heavy (non-hydrogen) atoms. The third kappa shape index (κ3) is 4.56. The maximum Gasteiger partial charge on any atom is 0.279 e. The summed E-state index contributed by atoms with van der Waals surface area (Å²) < 4.78 is 40.4. The highest BCUT2D eigenvalue weighted by atomic mass is 32.1. The summed E-state index contributed by atoms with van der Waals surface area (Å²) in [5.41, 5.74) is 0.540. The largest absolute Gasteiger partial charge is 0.321 e. The zero-order valence-corrected chi connectivity index (χ0v) is 18.4. The molecule has 0 bridgehead atoms. The molecule has 1 aromatic carbocycles. The van der Waals surface area contributed by atoms with Gasteiger partial charge in [0.2, 0.25) is 0 Å². The van der Waals surface area contributed by atoms with Crippen LogP contribution in [0.1, 0.15) is 42.5 Å². The summed E-state index contributed by atoms with van der Waals surface area (Å²) in [4.78, 5) is 35.4. The van der Waals surface area contributed by atoms with Gasteiger partial charge in [0.15, 0.2) is 29.8 Å². The van der Waals surface area contributed by atoms with E-state index in [1.807, 2.05) is 6.92 Å². The number of aromatic nitrogens is 2. The number of quaternary nitrogens is 1. The Morgan fingerprint density at radius 2 is 2.00 bits per heavy atom. The first-order valence-corrected chi connectivity index (χ1v) is 11.5. The number of carbonyl (C=O) groups excluding carboxylic acids is 1. The Bertz CT molecular complexity index is 1220. The van der Waals surface area contributed by atoms with Gasteiger partial charge in [-0.2, -0.15) is 0 Å². The van der Waals surface area contributed by atoms with Gasteiger partial charge >= 0.3 is 0 Å². The molecule has 1 aliphatic rings. The number of thiophene rings is 1. The second kappa shape index (κ2) is 9.41. The third-order valence-electron chi connectivity index (χ3n) is 5.61. The number of nitrogens with zero attached hydrogens (tertiary/aromatic N) is 1. The lowest BCUT2D eigenvalue weighted by Gasteiger charge is -2.18. The van der Waals surface area contributed by atoms with E-state index in [0.29, 0.717) is 24.3 Å². The van der Waals surface area contributed by atoms with Crippen LogP contribution in [0, 0.1) is 17.5 Å². The number of aromatic amines is 1. The van der Waals surface area contributed by atoms with Crippen LogP contribution in [-0.4, -0.2) is 29.0 Å². The number of halogens is 3. The molecule has 0 saturated carbocycles. The Hall–Kier alpha value is -2.72. The number of aryl methyl sites for hydroxylation is 2. The summed E-state index contributed by atoms with van der Waals surface area (Å²) in [6.45, 7) is 2.82. The van der Waals surface area contributed by atoms with Crippen LogP contribution in [0.3, 0.4) is 0 Å². The van der Waals surface area contributed by atoms with Crippen LogP contribution < -0.4 is 15.8 Å². The zero-order chi connectivity index (χ0) is 22.8. The number of carbonyl (C=O) groups is 1. The highest BCUT2D eigenvalue weighted by Gasteiger charge is 2.22. The predicted octanol–water partition coefficient (Wildman–Crippen LogP) is 2.71. The summed E-state index contributed by atoms with van der Waals surface area (Å²) in [7, 11) is 0. The van der Waals surface area contributed by atoms with E-state index in [9.17, 15) is 22.8 Å². The number of amides is 1. The molecule has 0 spiro atoms. The van der Waals surface area contributed by atoms with Gasteiger partial charge in [0.1, 0.15) is 11.4 Å². The molecule has 2 heterocycles. The molecule has 3 aromatic rings. The number of H-pyrrole nitrogens is 1. The number of fused-ring (bicyclic) bond motifs is 3. The van der Waals surface area contributed by atoms with E-state index < -0.39 is 29.0 Å². The Kier molecular flexibility index (Phi) is 6.61. The van der Waals surface area contributed by atoms with Crippen molar-refractivity contribution < 1.29 is 22.9 Å². The van der Waals surface area contributed by atoms with Crippen molar-refractivity contribution in [3.05, 3.63) is 56.2 Å². The van der Waals surface area contributed by atoms with Gasteiger partial charge in [0.25, 0.3) is 11.5 Å². The van der Waals surface area contributed by atoms with E-state index in [1.165, 1.54) is 4.88 Å². The molecule has 1 atom stereocenters. The van der Waals surface area contributed by atoms with Crippen molar-refractivity contribution in [3.8, 4) is 0 Å². The van der Waals surface area contributed by atoms with E-state index in [1.54, 1.807) is 11.3 Å². The molecule has 10 heteroatoms. The molecule has 170 valence electrons. The summed E-state index contributed by atoms with van der Waals surface area (Å²) in [6, 6.07) is 1.74. The van der Waals surface area contributed by atoms with Gasteiger partial charge in [-0.05, 0) is 49.8 Å². The van der Waals surface area contributed by atoms with Crippen LogP contribution >= 0.6 is 11.3 Å². The van der Waals surface area contributed by atoms with Crippen LogP contribution in [0.4, 0.5) is 18.9 Å². The zero-order valence-electron chi connectivity index (χ0n) is 17.6. The third-order valence-corrected chi connectivity index (χ3v) is 6.80. The van der Waals surface area contributed by atoms with Crippen LogP contribution in [0.25, 0.3) is 10.2 Å². The smallest absolute Gasteiger partial charge is 0.279 e. The van der Waals surface area contributed by atoms with Gasteiger partial charge in [-0.3, -0.25) is 9.59 Å². The van der Waals surface area contributed by atoms with Gasteiger partial charge in [-0.1, -0.05) is 6.92 Å². The van der Waals surface area contributed by atoms with Crippen molar-refractivity contribution in [3.63, 3.8) is 0 Å². The van der Waals surface area contributed by atoms with Crippen molar-refractivity contribution >= 4 is 33.1 Å². The molecule has 0 radical (unpaired) electrons. The van der Waals surface area contributed by atoms with Crippen molar-refractivity contribution in [1.82, 2.24) is 9.97 Å². The second-order valence-electron chi connectivity index (χ2n) is 8.03. The lowest BCUT2D eigenvalue weighted by atomic mass is 9.97. The number of hydrogen-bond acceptors (Lipinski definition) is 4. The Labute approximate surface area is 186 Å². The normalized spacial score (nSPS) is 14.4. The lowest BCUT2D eigenvalue weighted by molar-refractivity contribution is -0.906. The highest BCUT2D eigenvalue weighted by molar-refractivity contribution is 7.18. The molecule has 1 amide bonds. The molecule has 3 N–H and O–H groups in total. The van der Waals surface area contributed by atoms with Crippen LogP contribution in [0.5, 0.6) is 0 Å². The van der Waals surface area contributed by atoms with Crippen molar-refractivity contribution in [2.45, 2.75) is 45.6 Å². The van der Waals surface area contributed by atoms with E-state index in [-0.39, 0.29) is 12.1 Å². The van der Waals surface area contributed by atoms with Gasteiger partial charge in [-0.15, -0.1) is 11.3 Å². The Morgan fingerprint density at radius 1 is 1.22 bits per heavy atom. The highest BCUT2D eigenvalue weighted by Crippen LogP contribution is 2.33. The van der Waals surface area contributed by atoms with E-state index >= 15 is 0 Å². The van der Waals surface area contributed by atoms with Gasteiger partial charge in [-0.25, -0.2) is 18.2 Å². The molecule has 2 aromatic heterocycles. The van der Waals surface area contributed by atoms with Crippen LogP contribution in [0.15, 0.2) is 16.9 Å². The van der Waals surface area contributed by atoms with Gasteiger partial charge in [0.05, 0.1) is 17.6 Å². The molecule has 0 aliphatic heterocycles. The van der Waals surface area contributed by atoms with E-state index in [4.69, 9.17) is 0 Å². The predicted molar refractivity (Wildman–Crippen MR) is 117 cm³/mol. The summed E-state index contributed by atoms with van der Waals surface area (Å²) in [5.74, 6) is -4.45. The van der Waals surface area contributed by atoms with E-state index in [0.717, 1.165) is 59.5 Å². The van der Waals surface area contributed by atoms with Crippen LogP contribution in [-0.2, 0) is 24.2 Å². The summed E-state index contributed by atoms with van der Waals surface area (Å²) >= 11 is 1.56. The average Bonchev–Trinajstić information content (AvgIpc) is 3.13. The minimum Gasteiger partial charge on any atom is -0.321 e. The fraction of sp³-hybridized carbons (Fsp3) is 0.409. The first-order valence-electron chi connectivity index (χ1n) is 10.7. The van der Waals surface area contributed by atoms with Crippen molar-refractivity contribution in [1.29, 1.82) is 0 Å². The minimum atomic E-state index is -1.63.